The van der Waals surface area contributed by atoms with Crippen molar-refractivity contribution in [1.82, 2.24) is 0 Å². The number of ether oxygens (including phenoxy) is 1. The first-order valence-electron chi connectivity index (χ1n) is 7.30. The minimum atomic E-state index is -0.349. The molecule has 4 heteroatoms. The molecule has 0 aliphatic heterocycles. The lowest BCUT2D eigenvalue weighted by atomic mass is 10.1. The van der Waals surface area contributed by atoms with Crippen molar-refractivity contribution >= 4 is 22.4 Å². The van der Waals surface area contributed by atoms with Crippen LogP contribution in [0.25, 0.3) is 10.8 Å². The van der Waals surface area contributed by atoms with Gasteiger partial charge < -0.3 is 10.1 Å². The maximum absolute atomic E-state index is 13.5. The van der Waals surface area contributed by atoms with Crippen molar-refractivity contribution in [1.29, 1.82) is 0 Å². The molecule has 1 N–H and O–H groups in total. The zero-order chi connectivity index (χ0) is 16.2. The summed E-state index contributed by atoms with van der Waals surface area (Å²) in [5.41, 5.74) is 0.953. The van der Waals surface area contributed by atoms with Crippen LogP contribution in [0.5, 0.6) is 5.75 Å². The molecule has 23 heavy (non-hydrogen) atoms. The Morgan fingerprint density at radius 1 is 1.09 bits per heavy atom. The topological polar surface area (TPSA) is 38.3 Å². The molecule has 0 heterocycles. The number of amides is 1. The maximum Gasteiger partial charge on any atom is 0.262 e. The Balaban J connectivity index is 1.67. The second-order valence-corrected chi connectivity index (χ2v) is 5.28. The van der Waals surface area contributed by atoms with Crippen LogP contribution in [0.3, 0.4) is 0 Å². The van der Waals surface area contributed by atoms with Crippen molar-refractivity contribution in [3.8, 4) is 5.75 Å². The number of nitrogens with one attached hydrogen (secondary N) is 1. The predicted octanol–water partition coefficient (Wildman–Crippen LogP) is 4.30. The standard InChI is InChI=1S/C19H16FNO2/c1-13-9-10-15(11-17(13)20)21-19(22)12-23-18-8-4-6-14-5-2-3-7-16(14)18/h2-11H,12H2,1H3,(H,21,22). The summed E-state index contributed by atoms with van der Waals surface area (Å²) in [6.07, 6.45) is 0. The number of rotatable bonds is 4. The van der Waals surface area contributed by atoms with Gasteiger partial charge in [-0.15, -0.1) is 0 Å². The molecule has 0 aromatic heterocycles. The maximum atomic E-state index is 13.5. The van der Waals surface area contributed by atoms with Crippen LogP contribution in [0.15, 0.2) is 60.7 Å². The van der Waals surface area contributed by atoms with Gasteiger partial charge in [-0.1, -0.05) is 42.5 Å². The second-order valence-electron chi connectivity index (χ2n) is 5.28. The first-order chi connectivity index (χ1) is 11.1. The molecule has 3 aromatic rings. The van der Waals surface area contributed by atoms with Gasteiger partial charge in [0.25, 0.3) is 5.91 Å². The van der Waals surface area contributed by atoms with E-state index in [4.69, 9.17) is 4.74 Å². The third-order valence-electron chi connectivity index (χ3n) is 3.56. The molecule has 0 unspecified atom stereocenters. The molecule has 0 bridgehead atoms. The van der Waals surface area contributed by atoms with Crippen LogP contribution >= 0.6 is 0 Å². The van der Waals surface area contributed by atoms with E-state index in [-0.39, 0.29) is 18.3 Å². The molecule has 1 amide bonds. The molecule has 3 nitrogen and oxygen atoms in total. The van der Waals surface area contributed by atoms with Gasteiger partial charge in [-0.05, 0) is 36.1 Å². The molecule has 0 aliphatic rings. The second kappa shape index (κ2) is 6.48. The Morgan fingerprint density at radius 2 is 1.87 bits per heavy atom. The summed E-state index contributed by atoms with van der Waals surface area (Å²) in [7, 11) is 0. The van der Waals surface area contributed by atoms with Crippen molar-refractivity contribution in [2.24, 2.45) is 0 Å². The van der Waals surface area contributed by atoms with Crippen molar-refractivity contribution in [3.63, 3.8) is 0 Å². The van der Waals surface area contributed by atoms with E-state index in [2.05, 4.69) is 5.32 Å². The molecule has 0 aliphatic carbocycles. The summed E-state index contributed by atoms with van der Waals surface area (Å²) in [5.74, 6) is -0.0349. The van der Waals surface area contributed by atoms with Gasteiger partial charge in [0, 0.05) is 11.1 Å². The van der Waals surface area contributed by atoms with Gasteiger partial charge in [0.2, 0.25) is 0 Å². The zero-order valence-corrected chi connectivity index (χ0v) is 12.7. The Hall–Kier alpha value is -2.88. The van der Waals surface area contributed by atoms with Crippen LogP contribution in [0.2, 0.25) is 0 Å². The van der Waals surface area contributed by atoms with E-state index >= 15 is 0 Å². The van der Waals surface area contributed by atoms with Crippen molar-refractivity contribution in [2.45, 2.75) is 6.92 Å². The number of halogens is 1. The van der Waals surface area contributed by atoms with Crippen molar-refractivity contribution < 1.29 is 13.9 Å². The molecule has 0 atom stereocenters. The molecule has 3 rings (SSSR count). The van der Waals surface area contributed by atoms with Gasteiger partial charge in [0.15, 0.2) is 6.61 Å². The highest BCUT2D eigenvalue weighted by Gasteiger charge is 2.07. The van der Waals surface area contributed by atoms with Crippen LogP contribution in [-0.4, -0.2) is 12.5 Å². The average molecular weight is 309 g/mol. The Kier molecular flexibility index (Phi) is 4.24. The summed E-state index contributed by atoms with van der Waals surface area (Å²) >= 11 is 0. The summed E-state index contributed by atoms with van der Waals surface area (Å²) < 4.78 is 19.1. The molecular weight excluding hydrogens is 293 g/mol. The number of aryl methyl sites for hydroxylation is 1. The number of anilines is 1. The smallest absolute Gasteiger partial charge is 0.262 e. The lowest BCUT2D eigenvalue weighted by Gasteiger charge is -2.10. The molecule has 0 spiro atoms. The van der Waals surface area contributed by atoms with Gasteiger partial charge in [-0.3, -0.25) is 4.79 Å². The van der Waals surface area contributed by atoms with E-state index in [9.17, 15) is 9.18 Å². The minimum absolute atomic E-state index is 0.135. The van der Waals surface area contributed by atoms with Gasteiger partial charge >= 0.3 is 0 Å². The van der Waals surface area contributed by atoms with Crippen LogP contribution in [-0.2, 0) is 4.79 Å². The third kappa shape index (κ3) is 3.48. The fourth-order valence-electron chi connectivity index (χ4n) is 2.33. The van der Waals surface area contributed by atoms with Crippen molar-refractivity contribution in [2.75, 3.05) is 11.9 Å². The number of carbonyl (C=O) groups excluding carboxylic acids is 1. The zero-order valence-electron chi connectivity index (χ0n) is 12.7. The van der Waals surface area contributed by atoms with Crippen molar-refractivity contribution in [3.05, 3.63) is 72.0 Å². The lowest BCUT2D eigenvalue weighted by Crippen LogP contribution is -2.20. The number of carbonyl (C=O) groups is 1. The third-order valence-corrected chi connectivity index (χ3v) is 3.56. The van der Waals surface area contributed by atoms with Crippen LogP contribution in [0.4, 0.5) is 10.1 Å². The summed E-state index contributed by atoms with van der Waals surface area (Å²) in [4.78, 5) is 12.0. The average Bonchev–Trinajstić information content (AvgIpc) is 2.56. The monoisotopic (exact) mass is 309 g/mol. The van der Waals surface area contributed by atoms with Gasteiger partial charge in [0.05, 0.1) is 0 Å². The molecular formula is C19H16FNO2. The molecule has 0 radical (unpaired) electrons. The first-order valence-corrected chi connectivity index (χ1v) is 7.30. The largest absolute Gasteiger partial charge is 0.483 e. The minimum Gasteiger partial charge on any atom is -0.483 e. The lowest BCUT2D eigenvalue weighted by molar-refractivity contribution is -0.118. The number of benzene rings is 3. The SMILES string of the molecule is Cc1ccc(NC(=O)COc2cccc3ccccc23)cc1F. The number of fused-ring (bicyclic) bond motifs is 1. The highest BCUT2D eigenvalue weighted by molar-refractivity contribution is 5.93. The van der Waals surface area contributed by atoms with Gasteiger partial charge in [0.1, 0.15) is 11.6 Å². The Morgan fingerprint density at radius 3 is 2.70 bits per heavy atom. The molecule has 0 saturated carbocycles. The highest BCUT2D eigenvalue weighted by Crippen LogP contribution is 2.25. The molecule has 0 fully saturated rings. The Bertz CT molecular complexity index is 856. The van der Waals surface area contributed by atoms with Gasteiger partial charge in [-0.2, -0.15) is 0 Å². The molecule has 116 valence electrons. The van der Waals surface area contributed by atoms with E-state index in [1.54, 1.807) is 19.1 Å². The first kappa shape index (κ1) is 15.0. The van der Waals surface area contributed by atoms with Crippen LogP contribution in [0.1, 0.15) is 5.56 Å². The summed E-state index contributed by atoms with van der Waals surface area (Å²) in [6.45, 7) is 1.54. The van der Waals surface area contributed by atoms with Crippen LogP contribution < -0.4 is 10.1 Å². The highest BCUT2D eigenvalue weighted by atomic mass is 19.1. The fourth-order valence-corrected chi connectivity index (χ4v) is 2.33. The predicted molar refractivity (Wildman–Crippen MR) is 89.2 cm³/mol. The normalized spacial score (nSPS) is 10.5. The summed E-state index contributed by atoms with van der Waals surface area (Å²) in [6, 6.07) is 18.1. The van der Waals surface area contributed by atoms with E-state index in [0.717, 1.165) is 10.8 Å². The van der Waals surface area contributed by atoms with Crippen LogP contribution in [0, 0.1) is 12.7 Å². The number of hydrogen-bond donors (Lipinski definition) is 1. The van der Waals surface area contributed by atoms with E-state index in [1.165, 1.54) is 6.07 Å². The molecule has 3 aromatic carbocycles. The Labute approximate surface area is 133 Å². The van der Waals surface area contributed by atoms with Gasteiger partial charge in [-0.25, -0.2) is 4.39 Å². The van der Waals surface area contributed by atoms with E-state index in [1.807, 2.05) is 42.5 Å². The molecule has 0 saturated heterocycles. The van der Waals surface area contributed by atoms with E-state index in [0.29, 0.717) is 17.0 Å². The fraction of sp³-hybridized carbons (Fsp3) is 0.105. The quantitative estimate of drug-likeness (QED) is 0.780. The summed E-state index contributed by atoms with van der Waals surface area (Å²) in [5, 5.41) is 4.62. The van der Waals surface area contributed by atoms with E-state index < -0.39 is 0 Å². The number of hydrogen-bond acceptors (Lipinski definition) is 2.